The van der Waals surface area contributed by atoms with Gasteiger partial charge >= 0.3 is 0 Å². The second kappa shape index (κ2) is 7.91. The summed E-state index contributed by atoms with van der Waals surface area (Å²) in [6.45, 7) is 2.18. The lowest BCUT2D eigenvalue weighted by Crippen LogP contribution is -2.55. The fraction of sp³-hybridized carbons (Fsp3) is 0.455. The van der Waals surface area contributed by atoms with Gasteiger partial charge < -0.3 is 29.9 Å². The average molecular weight is 386 g/mol. The van der Waals surface area contributed by atoms with Crippen LogP contribution in [0.15, 0.2) is 42.5 Å². The molecule has 2 aromatic rings. The predicted octanol–water partition coefficient (Wildman–Crippen LogP) is 1.38. The number of fused-ring (bicyclic) bond motifs is 1. The molecular weight excluding hydrogens is 360 g/mol. The number of rotatable bonds is 4. The van der Waals surface area contributed by atoms with Gasteiger partial charge in [-0.05, 0) is 40.3 Å². The molecular formula is C22H26O6. The highest BCUT2D eigenvalue weighted by atomic mass is 16.5. The molecule has 0 aromatic heterocycles. The van der Waals surface area contributed by atoms with Crippen molar-refractivity contribution >= 4 is 0 Å². The Balaban J connectivity index is 1.64. The van der Waals surface area contributed by atoms with Crippen LogP contribution in [0.25, 0.3) is 0 Å². The Morgan fingerprint density at radius 3 is 2.32 bits per heavy atom. The summed E-state index contributed by atoms with van der Waals surface area (Å²) in [5, 5.41) is 39.9. The topological polar surface area (TPSA) is 99.4 Å². The summed E-state index contributed by atoms with van der Waals surface area (Å²) in [6, 6.07) is 14.0. The van der Waals surface area contributed by atoms with E-state index in [4.69, 9.17) is 9.47 Å². The molecule has 1 fully saturated rings. The monoisotopic (exact) mass is 386 g/mol. The largest absolute Gasteiger partial charge is 0.394 e. The SMILES string of the molecule is CCc1ccc(C2OCc3ccc([C@@H]4O[C@H](CO)[C@@H](O)[C@H](O)[C@H]4O)cc32)cc1. The summed E-state index contributed by atoms with van der Waals surface area (Å²) in [5.41, 5.74) is 5.06. The van der Waals surface area contributed by atoms with Gasteiger partial charge in [-0.1, -0.05) is 43.3 Å². The molecule has 150 valence electrons. The lowest BCUT2D eigenvalue weighted by molar-refractivity contribution is -0.231. The van der Waals surface area contributed by atoms with Gasteiger partial charge in [-0.3, -0.25) is 0 Å². The van der Waals surface area contributed by atoms with E-state index < -0.39 is 37.1 Å². The van der Waals surface area contributed by atoms with Gasteiger partial charge in [0.2, 0.25) is 0 Å². The first-order chi connectivity index (χ1) is 13.5. The number of ether oxygens (including phenoxy) is 2. The van der Waals surface area contributed by atoms with Crippen molar-refractivity contribution < 1.29 is 29.9 Å². The van der Waals surface area contributed by atoms with Crippen LogP contribution in [0.4, 0.5) is 0 Å². The van der Waals surface area contributed by atoms with E-state index in [1.165, 1.54) is 5.56 Å². The fourth-order valence-corrected chi connectivity index (χ4v) is 4.01. The molecule has 1 saturated heterocycles. The fourth-order valence-electron chi connectivity index (χ4n) is 4.01. The molecule has 2 aromatic carbocycles. The van der Waals surface area contributed by atoms with Gasteiger partial charge in [-0.25, -0.2) is 0 Å². The Hall–Kier alpha value is -1.80. The van der Waals surface area contributed by atoms with Crippen molar-refractivity contribution in [2.75, 3.05) is 6.61 Å². The van der Waals surface area contributed by atoms with E-state index in [1.807, 2.05) is 18.2 Å². The normalized spacial score (nSPS) is 32.3. The third-order valence-corrected chi connectivity index (χ3v) is 5.77. The maximum atomic E-state index is 10.4. The van der Waals surface area contributed by atoms with Crippen molar-refractivity contribution in [3.8, 4) is 0 Å². The van der Waals surface area contributed by atoms with Crippen LogP contribution in [0.3, 0.4) is 0 Å². The number of aliphatic hydroxyl groups is 4. The number of aliphatic hydroxyl groups excluding tert-OH is 4. The first kappa shape index (κ1) is 19.5. The molecule has 1 unspecified atom stereocenters. The van der Waals surface area contributed by atoms with Crippen LogP contribution in [-0.4, -0.2) is 51.4 Å². The highest BCUT2D eigenvalue weighted by Crippen LogP contribution is 2.39. The number of aryl methyl sites for hydroxylation is 1. The second-order valence-electron chi connectivity index (χ2n) is 7.49. The van der Waals surface area contributed by atoms with Crippen LogP contribution in [0.1, 0.15) is 46.9 Å². The lowest BCUT2D eigenvalue weighted by atomic mass is 9.89. The zero-order chi connectivity index (χ0) is 19.8. The summed E-state index contributed by atoms with van der Waals surface area (Å²) in [7, 11) is 0. The van der Waals surface area contributed by atoms with Crippen LogP contribution < -0.4 is 0 Å². The molecule has 0 aliphatic carbocycles. The smallest absolute Gasteiger partial charge is 0.113 e. The molecule has 0 amide bonds. The molecule has 4 rings (SSSR count). The van der Waals surface area contributed by atoms with Crippen molar-refractivity contribution in [2.45, 2.75) is 56.6 Å². The standard InChI is InChI=1S/C22H26O6/c1-2-12-3-5-13(6-4-12)21-16-9-14(7-8-15(16)11-27-21)22-20(26)19(25)18(24)17(10-23)28-22/h3-9,17-26H,2,10-11H2,1H3/t17-,18-,19+,20-,21?,22+/m1/s1. The first-order valence-corrected chi connectivity index (χ1v) is 9.67. The van der Waals surface area contributed by atoms with Gasteiger partial charge in [0.15, 0.2) is 0 Å². The molecule has 4 N–H and O–H groups in total. The maximum Gasteiger partial charge on any atom is 0.113 e. The van der Waals surface area contributed by atoms with Crippen molar-refractivity contribution in [2.24, 2.45) is 0 Å². The molecule has 28 heavy (non-hydrogen) atoms. The summed E-state index contributed by atoms with van der Waals surface area (Å²) >= 11 is 0. The Morgan fingerprint density at radius 2 is 1.64 bits per heavy atom. The van der Waals surface area contributed by atoms with Gasteiger partial charge in [0.25, 0.3) is 0 Å². The molecule has 6 atom stereocenters. The quantitative estimate of drug-likeness (QED) is 0.634. The Kier molecular flexibility index (Phi) is 5.51. The molecule has 2 heterocycles. The van der Waals surface area contributed by atoms with Crippen LogP contribution in [0, 0.1) is 0 Å². The maximum absolute atomic E-state index is 10.4. The van der Waals surface area contributed by atoms with E-state index in [9.17, 15) is 20.4 Å². The van der Waals surface area contributed by atoms with Gasteiger partial charge in [0.1, 0.15) is 36.6 Å². The minimum atomic E-state index is -1.39. The van der Waals surface area contributed by atoms with Gasteiger partial charge in [-0.2, -0.15) is 0 Å². The van der Waals surface area contributed by atoms with Crippen molar-refractivity contribution in [3.63, 3.8) is 0 Å². The van der Waals surface area contributed by atoms with E-state index in [0.717, 1.165) is 23.1 Å². The number of hydrogen-bond acceptors (Lipinski definition) is 6. The second-order valence-corrected chi connectivity index (χ2v) is 7.49. The molecule has 0 saturated carbocycles. The summed E-state index contributed by atoms with van der Waals surface area (Å²) in [4.78, 5) is 0. The minimum Gasteiger partial charge on any atom is -0.394 e. The Morgan fingerprint density at radius 1 is 0.929 bits per heavy atom. The average Bonchev–Trinajstić information content (AvgIpc) is 3.15. The summed E-state index contributed by atoms with van der Waals surface area (Å²) in [5.74, 6) is 0. The lowest BCUT2D eigenvalue weighted by Gasteiger charge is -2.40. The van der Waals surface area contributed by atoms with E-state index >= 15 is 0 Å². The van der Waals surface area contributed by atoms with E-state index in [2.05, 4.69) is 31.2 Å². The van der Waals surface area contributed by atoms with Crippen LogP contribution in [0.2, 0.25) is 0 Å². The third-order valence-electron chi connectivity index (χ3n) is 5.77. The van der Waals surface area contributed by atoms with E-state index in [0.29, 0.717) is 12.2 Å². The molecule has 0 radical (unpaired) electrons. The van der Waals surface area contributed by atoms with E-state index in [1.54, 1.807) is 0 Å². The Bertz CT molecular complexity index is 818. The zero-order valence-corrected chi connectivity index (χ0v) is 15.7. The molecule has 2 aliphatic rings. The molecule has 0 spiro atoms. The zero-order valence-electron chi connectivity index (χ0n) is 15.7. The first-order valence-electron chi connectivity index (χ1n) is 9.67. The van der Waals surface area contributed by atoms with Crippen LogP contribution >= 0.6 is 0 Å². The highest BCUT2D eigenvalue weighted by Gasteiger charge is 2.44. The molecule has 2 aliphatic heterocycles. The highest BCUT2D eigenvalue weighted by molar-refractivity contribution is 5.42. The summed E-state index contributed by atoms with van der Waals surface area (Å²) < 4.78 is 11.7. The third kappa shape index (κ3) is 3.37. The number of benzene rings is 2. The predicted molar refractivity (Wildman–Crippen MR) is 102 cm³/mol. The van der Waals surface area contributed by atoms with Gasteiger partial charge in [0, 0.05) is 0 Å². The summed E-state index contributed by atoms with van der Waals surface area (Å²) in [6.07, 6.45) is -5.04. The van der Waals surface area contributed by atoms with Crippen LogP contribution in [-0.2, 0) is 22.5 Å². The van der Waals surface area contributed by atoms with Crippen molar-refractivity contribution in [1.29, 1.82) is 0 Å². The van der Waals surface area contributed by atoms with Crippen LogP contribution in [0.5, 0.6) is 0 Å². The number of hydrogen-bond donors (Lipinski definition) is 4. The van der Waals surface area contributed by atoms with Gasteiger partial charge in [0.05, 0.1) is 13.2 Å². The molecule has 6 heteroatoms. The van der Waals surface area contributed by atoms with Crippen molar-refractivity contribution in [3.05, 3.63) is 70.3 Å². The molecule has 6 nitrogen and oxygen atoms in total. The van der Waals surface area contributed by atoms with E-state index in [-0.39, 0.29) is 6.10 Å². The van der Waals surface area contributed by atoms with Crippen molar-refractivity contribution in [1.82, 2.24) is 0 Å². The Labute approximate surface area is 164 Å². The van der Waals surface area contributed by atoms with Gasteiger partial charge in [-0.15, -0.1) is 0 Å². The minimum absolute atomic E-state index is 0.203. The molecule has 0 bridgehead atoms.